The number of halogens is 1. The number of aromatic nitrogens is 1. The van der Waals surface area contributed by atoms with Gasteiger partial charge in [0.25, 0.3) is 0 Å². The zero-order valence-electron chi connectivity index (χ0n) is 12.3. The number of hydrogen-bond donors (Lipinski definition) is 2. The molecule has 0 fully saturated rings. The Kier molecular flexibility index (Phi) is 6.18. The van der Waals surface area contributed by atoms with Gasteiger partial charge in [-0.3, -0.25) is 4.79 Å². The van der Waals surface area contributed by atoms with Crippen molar-refractivity contribution in [1.82, 2.24) is 10.3 Å². The Morgan fingerprint density at radius 1 is 1.23 bits per heavy atom. The molecule has 0 radical (unpaired) electrons. The van der Waals surface area contributed by atoms with Crippen LogP contribution in [-0.4, -0.2) is 24.5 Å². The topological polar surface area (TPSA) is 63.2 Å². The second-order valence-corrected chi connectivity index (χ2v) is 5.13. The summed E-state index contributed by atoms with van der Waals surface area (Å²) in [5.74, 6) is 1.11. The van der Waals surface area contributed by atoms with Gasteiger partial charge in [0.2, 0.25) is 11.8 Å². The van der Waals surface area contributed by atoms with E-state index < -0.39 is 0 Å². The summed E-state index contributed by atoms with van der Waals surface area (Å²) in [6.07, 6.45) is 2.83. The molecule has 0 aliphatic rings. The first-order valence-corrected chi connectivity index (χ1v) is 7.39. The van der Waals surface area contributed by atoms with Gasteiger partial charge in [0, 0.05) is 24.4 Å². The number of hydrogen-bond acceptors (Lipinski definition) is 4. The van der Waals surface area contributed by atoms with Crippen molar-refractivity contribution in [3.63, 3.8) is 0 Å². The van der Waals surface area contributed by atoms with E-state index >= 15 is 0 Å². The molecule has 0 unspecified atom stereocenters. The highest BCUT2D eigenvalue weighted by Gasteiger charge is 2.03. The van der Waals surface area contributed by atoms with Crippen LogP contribution in [0.25, 0.3) is 0 Å². The fraction of sp³-hybridized carbons (Fsp3) is 0.250. The van der Waals surface area contributed by atoms with Crippen LogP contribution in [0.5, 0.6) is 11.6 Å². The molecule has 2 rings (SSSR count). The maximum Gasteiger partial charge on any atom is 0.224 e. The third kappa shape index (κ3) is 5.35. The molecule has 0 saturated heterocycles. The summed E-state index contributed by atoms with van der Waals surface area (Å²) in [4.78, 5) is 15.8. The number of carbonyl (C=O) groups is 1. The van der Waals surface area contributed by atoms with E-state index in [9.17, 15) is 4.79 Å². The summed E-state index contributed by atoms with van der Waals surface area (Å²) in [5.41, 5.74) is 0.742. The van der Waals surface area contributed by atoms with Crippen LogP contribution in [0.1, 0.15) is 12.8 Å². The molecule has 0 saturated carbocycles. The van der Waals surface area contributed by atoms with E-state index in [1.807, 2.05) is 7.05 Å². The second kappa shape index (κ2) is 8.36. The Hall–Kier alpha value is -2.11. The number of benzene rings is 1. The molecule has 0 aliphatic heterocycles. The lowest BCUT2D eigenvalue weighted by Gasteiger charge is -2.07. The smallest absolute Gasteiger partial charge is 0.224 e. The van der Waals surface area contributed by atoms with Gasteiger partial charge in [-0.2, -0.15) is 0 Å². The van der Waals surface area contributed by atoms with E-state index in [0.29, 0.717) is 23.1 Å². The predicted octanol–water partition coefficient (Wildman–Crippen LogP) is 3.47. The van der Waals surface area contributed by atoms with Crippen LogP contribution >= 0.6 is 11.6 Å². The van der Waals surface area contributed by atoms with Gasteiger partial charge in [-0.05, 0) is 50.3 Å². The SMILES string of the molecule is CNCCCC(=O)Nc1ccc(Oc2ccc(Cl)cn2)cc1. The maximum atomic E-state index is 11.7. The quantitative estimate of drug-likeness (QED) is 0.767. The number of ether oxygens (including phenoxy) is 1. The van der Waals surface area contributed by atoms with Gasteiger partial charge >= 0.3 is 0 Å². The third-order valence-electron chi connectivity index (χ3n) is 2.89. The Morgan fingerprint density at radius 2 is 2.00 bits per heavy atom. The van der Waals surface area contributed by atoms with E-state index in [-0.39, 0.29) is 5.91 Å². The van der Waals surface area contributed by atoms with Gasteiger partial charge in [0.1, 0.15) is 5.75 Å². The van der Waals surface area contributed by atoms with Gasteiger partial charge < -0.3 is 15.4 Å². The Bertz CT molecular complexity index is 600. The lowest BCUT2D eigenvalue weighted by atomic mass is 10.2. The molecule has 0 bridgehead atoms. The minimum Gasteiger partial charge on any atom is -0.439 e. The highest BCUT2D eigenvalue weighted by molar-refractivity contribution is 6.30. The average Bonchev–Trinajstić information content (AvgIpc) is 2.52. The molecule has 6 heteroatoms. The van der Waals surface area contributed by atoms with E-state index in [1.165, 1.54) is 6.20 Å². The molecule has 0 atom stereocenters. The van der Waals surface area contributed by atoms with Crippen LogP contribution in [0.3, 0.4) is 0 Å². The molecule has 2 aromatic rings. The zero-order valence-corrected chi connectivity index (χ0v) is 13.1. The first-order valence-electron chi connectivity index (χ1n) is 7.01. The van der Waals surface area contributed by atoms with Crippen LogP contribution in [-0.2, 0) is 4.79 Å². The van der Waals surface area contributed by atoms with Gasteiger partial charge in [-0.25, -0.2) is 4.98 Å². The first kappa shape index (κ1) is 16.3. The molecule has 1 aromatic heterocycles. The molecule has 0 aliphatic carbocycles. The van der Waals surface area contributed by atoms with Gasteiger partial charge in [-0.1, -0.05) is 11.6 Å². The average molecular weight is 320 g/mol. The number of pyridine rings is 1. The van der Waals surface area contributed by atoms with E-state index in [4.69, 9.17) is 16.3 Å². The van der Waals surface area contributed by atoms with Crippen LogP contribution in [0.2, 0.25) is 5.02 Å². The number of carbonyl (C=O) groups excluding carboxylic acids is 1. The van der Waals surface area contributed by atoms with Crippen LogP contribution in [0.4, 0.5) is 5.69 Å². The number of rotatable bonds is 7. The normalized spacial score (nSPS) is 10.3. The monoisotopic (exact) mass is 319 g/mol. The minimum atomic E-state index is 0.00304. The molecule has 0 spiro atoms. The fourth-order valence-electron chi connectivity index (χ4n) is 1.80. The maximum absolute atomic E-state index is 11.7. The Labute approximate surface area is 134 Å². The van der Waals surface area contributed by atoms with E-state index in [1.54, 1.807) is 36.4 Å². The van der Waals surface area contributed by atoms with Crippen molar-refractivity contribution in [2.45, 2.75) is 12.8 Å². The zero-order chi connectivity index (χ0) is 15.8. The minimum absolute atomic E-state index is 0.00304. The summed E-state index contributed by atoms with van der Waals surface area (Å²) in [6, 6.07) is 10.5. The summed E-state index contributed by atoms with van der Waals surface area (Å²) < 4.78 is 5.58. The molecule has 1 aromatic carbocycles. The first-order chi connectivity index (χ1) is 10.7. The van der Waals surface area contributed by atoms with Crippen molar-refractivity contribution in [2.24, 2.45) is 0 Å². The highest BCUT2D eigenvalue weighted by Crippen LogP contribution is 2.22. The number of amides is 1. The van der Waals surface area contributed by atoms with Crippen molar-refractivity contribution >= 4 is 23.2 Å². The second-order valence-electron chi connectivity index (χ2n) is 4.70. The van der Waals surface area contributed by atoms with Crippen LogP contribution in [0.15, 0.2) is 42.6 Å². The van der Waals surface area contributed by atoms with Gasteiger partial charge in [0.15, 0.2) is 0 Å². The van der Waals surface area contributed by atoms with Crippen molar-refractivity contribution in [1.29, 1.82) is 0 Å². The summed E-state index contributed by atoms with van der Waals surface area (Å²) in [6.45, 7) is 0.828. The molecule has 1 heterocycles. The van der Waals surface area contributed by atoms with Crippen molar-refractivity contribution in [2.75, 3.05) is 18.9 Å². The number of anilines is 1. The third-order valence-corrected chi connectivity index (χ3v) is 3.11. The van der Waals surface area contributed by atoms with E-state index in [0.717, 1.165) is 18.7 Å². The van der Waals surface area contributed by atoms with E-state index in [2.05, 4.69) is 15.6 Å². The lowest BCUT2D eigenvalue weighted by molar-refractivity contribution is -0.116. The van der Waals surface area contributed by atoms with Crippen LogP contribution in [0, 0.1) is 0 Å². The predicted molar refractivity (Wildman–Crippen MR) is 87.6 cm³/mol. The van der Waals surface area contributed by atoms with Crippen molar-refractivity contribution in [3.8, 4) is 11.6 Å². The molecular formula is C16H18ClN3O2. The largest absolute Gasteiger partial charge is 0.439 e. The summed E-state index contributed by atoms with van der Waals surface area (Å²) in [5, 5.41) is 6.41. The van der Waals surface area contributed by atoms with Crippen molar-refractivity contribution < 1.29 is 9.53 Å². The lowest BCUT2D eigenvalue weighted by Crippen LogP contribution is -2.15. The van der Waals surface area contributed by atoms with Gasteiger partial charge in [-0.15, -0.1) is 0 Å². The molecule has 2 N–H and O–H groups in total. The Balaban J connectivity index is 1.87. The molecule has 116 valence electrons. The standard InChI is InChI=1S/C16H18ClN3O2/c1-18-10-2-3-15(21)20-13-5-7-14(8-6-13)22-16-9-4-12(17)11-19-16/h4-9,11,18H,2-3,10H2,1H3,(H,20,21). The molecule has 1 amide bonds. The molecule has 22 heavy (non-hydrogen) atoms. The fourth-order valence-corrected chi connectivity index (χ4v) is 1.91. The number of nitrogens with one attached hydrogen (secondary N) is 2. The van der Waals surface area contributed by atoms with Crippen LogP contribution < -0.4 is 15.4 Å². The van der Waals surface area contributed by atoms with Crippen molar-refractivity contribution in [3.05, 3.63) is 47.6 Å². The molecule has 5 nitrogen and oxygen atoms in total. The van der Waals surface area contributed by atoms with Gasteiger partial charge in [0.05, 0.1) is 5.02 Å². The highest BCUT2D eigenvalue weighted by atomic mass is 35.5. The molecular weight excluding hydrogens is 302 g/mol. The summed E-state index contributed by atoms with van der Waals surface area (Å²) >= 11 is 5.77. The summed E-state index contributed by atoms with van der Waals surface area (Å²) in [7, 11) is 1.87. The number of nitrogens with zero attached hydrogens (tertiary/aromatic N) is 1. The Morgan fingerprint density at radius 3 is 2.64 bits per heavy atom.